The van der Waals surface area contributed by atoms with Crippen LogP contribution in [0.5, 0.6) is 0 Å². The van der Waals surface area contributed by atoms with E-state index in [1.807, 2.05) is 39.0 Å². The zero-order chi connectivity index (χ0) is 19.6. The molecule has 7 heteroatoms. The zero-order valence-electron chi connectivity index (χ0n) is 16.0. The van der Waals surface area contributed by atoms with Crippen LogP contribution in [0.15, 0.2) is 24.3 Å². The summed E-state index contributed by atoms with van der Waals surface area (Å²) in [5.41, 5.74) is 2.56. The molecule has 0 radical (unpaired) electrons. The van der Waals surface area contributed by atoms with Gasteiger partial charge in [0, 0.05) is 5.41 Å². The number of esters is 1. The number of nitrogens with zero attached hydrogens (tertiary/aromatic N) is 1. The Labute approximate surface area is 162 Å². The molecule has 1 aromatic heterocycles. The number of amides is 1. The molecule has 144 valence electrons. The van der Waals surface area contributed by atoms with Crippen molar-refractivity contribution in [2.45, 2.75) is 45.1 Å². The Kier molecular flexibility index (Phi) is 5.62. The molecule has 0 spiro atoms. The lowest BCUT2D eigenvalue weighted by atomic mass is 9.91. The first-order valence-electron chi connectivity index (χ1n) is 8.88. The van der Waals surface area contributed by atoms with Crippen LogP contribution in [0.2, 0.25) is 0 Å². The monoisotopic (exact) mass is 388 g/mol. The van der Waals surface area contributed by atoms with Crippen molar-refractivity contribution in [3.63, 3.8) is 0 Å². The molecule has 1 aliphatic heterocycles. The molecule has 1 aromatic carbocycles. The average molecular weight is 388 g/mol. The molecule has 1 N–H and O–H groups in total. The van der Waals surface area contributed by atoms with Crippen LogP contribution >= 0.6 is 11.3 Å². The van der Waals surface area contributed by atoms with Gasteiger partial charge in [0.15, 0.2) is 5.13 Å². The molecule has 3 rings (SSSR count). The number of aromatic nitrogens is 1. The highest BCUT2D eigenvalue weighted by Gasteiger charge is 2.29. The van der Waals surface area contributed by atoms with E-state index in [4.69, 9.17) is 9.47 Å². The second kappa shape index (κ2) is 7.78. The van der Waals surface area contributed by atoms with Gasteiger partial charge in [-0.05, 0) is 17.5 Å². The van der Waals surface area contributed by atoms with E-state index in [-0.39, 0.29) is 23.8 Å². The normalized spacial score (nSPS) is 16.5. The molecule has 0 fully saturated rings. The summed E-state index contributed by atoms with van der Waals surface area (Å²) >= 11 is 1.14. The van der Waals surface area contributed by atoms with Gasteiger partial charge >= 0.3 is 5.97 Å². The van der Waals surface area contributed by atoms with Crippen molar-refractivity contribution in [3.05, 3.63) is 46.0 Å². The number of anilines is 1. The van der Waals surface area contributed by atoms with Crippen LogP contribution in [0, 0.1) is 0 Å². The summed E-state index contributed by atoms with van der Waals surface area (Å²) in [7, 11) is 1.34. The second-order valence-electron chi connectivity index (χ2n) is 7.50. The number of methoxy groups -OCH3 is 1. The summed E-state index contributed by atoms with van der Waals surface area (Å²) in [6.07, 6.45) is 0.796. The van der Waals surface area contributed by atoms with Crippen molar-refractivity contribution in [1.29, 1.82) is 0 Å². The van der Waals surface area contributed by atoms with E-state index in [2.05, 4.69) is 16.4 Å². The Balaban J connectivity index is 1.75. The molecule has 0 bridgehead atoms. The van der Waals surface area contributed by atoms with Gasteiger partial charge < -0.3 is 14.8 Å². The van der Waals surface area contributed by atoms with Crippen LogP contribution in [-0.2, 0) is 26.1 Å². The second-order valence-corrected chi connectivity index (χ2v) is 8.50. The number of ether oxygens (including phenoxy) is 2. The van der Waals surface area contributed by atoms with E-state index in [1.165, 1.54) is 12.7 Å². The summed E-state index contributed by atoms with van der Waals surface area (Å²) in [6, 6.07) is 8.03. The third-order valence-corrected chi connectivity index (χ3v) is 5.37. The Bertz CT molecular complexity index is 854. The lowest BCUT2D eigenvalue weighted by molar-refractivity contribution is -0.119. The maximum absolute atomic E-state index is 12.6. The highest BCUT2D eigenvalue weighted by molar-refractivity contribution is 7.17. The van der Waals surface area contributed by atoms with Gasteiger partial charge in [0.2, 0.25) is 5.91 Å². The van der Waals surface area contributed by atoms with Gasteiger partial charge in [0.1, 0.15) is 4.88 Å². The van der Waals surface area contributed by atoms with Gasteiger partial charge in [-0.1, -0.05) is 56.4 Å². The Morgan fingerprint density at radius 1 is 1.33 bits per heavy atom. The van der Waals surface area contributed by atoms with Gasteiger partial charge in [-0.15, -0.1) is 0 Å². The van der Waals surface area contributed by atoms with Crippen molar-refractivity contribution < 1.29 is 19.1 Å². The van der Waals surface area contributed by atoms with Gasteiger partial charge in [-0.3, -0.25) is 4.79 Å². The summed E-state index contributed by atoms with van der Waals surface area (Å²) in [5, 5.41) is 3.21. The maximum Gasteiger partial charge on any atom is 0.350 e. The van der Waals surface area contributed by atoms with Crippen LogP contribution in [0.25, 0.3) is 0 Å². The highest BCUT2D eigenvalue weighted by atomic mass is 32.1. The fourth-order valence-corrected chi connectivity index (χ4v) is 4.21. The number of nitrogens with one attached hydrogen (secondary N) is 1. The standard InChI is InChI=1S/C20H24N2O4S/c1-20(2,3)17-16(18(24)25-4)27-19(22-17)21-15(23)11-14-13-8-6-5-7-12(13)9-10-26-14/h5-8,14H,9-11H2,1-4H3,(H,21,22,23)/t14-/m0/s1. The zero-order valence-corrected chi connectivity index (χ0v) is 16.8. The molecular formula is C20H24N2O4S. The van der Waals surface area contributed by atoms with Crippen LogP contribution in [0.3, 0.4) is 0 Å². The number of benzene rings is 1. The van der Waals surface area contributed by atoms with E-state index >= 15 is 0 Å². The predicted molar refractivity (Wildman–Crippen MR) is 104 cm³/mol. The quantitative estimate of drug-likeness (QED) is 0.805. The molecule has 1 amide bonds. The molecule has 1 aliphatic rings. The van der Waals surface area contributed by atoms with E-state index in [9.17, 15) is 9.59 Å². The number of carbonyl (C=O) groups excluding carboxylic acids is 2. The first kappa shape index (κ1) is 19.5. The van der Waals surface area contributed by atoms with Crippen molar-refractivity contribution in [2.75, 3.05) is 19.0 Å². The SMILES string of the molecule is COC(=O)c1sc(NC(=O)C[C@@H]2OCCc3ccccc32)nc1C(C)(C)C. The number of thiazole rings is 1. The highest BCUT2D eigenvalue weighted by Crippen LogP contribution is 2.34. The molecule has 0 unspecified atom stereocenters. The Morgan fingerprint density at radius 2 is 2.07 bits per heavy atom. The fourth-order valence-electron chi connectivity index (χ4n) is 3.10. The van der Waals surface area contributed by atoms with E-state index < -0.39 is 5.97 Å². The third-order valence-electron chi connectivity index (χ3n) is 4.42. The molecular weight excluding hydrogens is 364 g/mol. The van der Waals surface area contributed by atoms with E-state index in [1.54, 1.807) is 0 Å². The van der Waals surface area contributed by atoms with Crippen molar-refractivity contribution in [1.82, 2.24) is 4.98 Å². The van der Waals surface area contributed by atoms with Crippen molar-refractivity contribution in [3.8, 4) is 0 Å². The van der Waals surface area contributed by atoms with Gasteiger partial charge in [0.05, 0.1) is 31.9 Å². The Hall–Kier alpha value is -2.25. The van der Waals surface area contributed by atoms with Gasteiger partial charge in [-0.2, -0.15) is 0 Å². The molecule has 0 aliphatic carbocycles. The molecule has 27 heavy (non-hydrogen) atoms. The molecule has 2 heterocycles. The summed E-state index contributed by atoms with van der Waals surface area (Å²) < 4.78 is 10.6. The fraction of sp³-hybridized carbons (Fsp3) is 0.450. The number of fused-ring (bicyclic) bond motifs is 1. The van der Waals surface area contributed by atoms with Crippen LogP contribution < -0.4 is 5.32 Å². The molecule has 0 saturated heterocycles. The van der Waals surface area contributed by atoms with E-state index in [0.717, 1.165) is 23.3 Å². The number of hydrogen-bond donors (Lipinski definition) is 1. The van der Waals surface area contributed by atoms with Crippen LogP contribution in [0.4, 0.5) is 5.13 Å². The lowest BCUT2D eigenvalue weighted by Crippen LogP contribution is -2.22. The Morgan fingerprint density at radius 3 is 2.78 bits per heavy atom. The van der Waals surface area contributed by atoms with E-state index in [0.29, 0.717) is 22.3 Å². The van der Waals surface area contributed by atoms with Crippen molar-refractivity contribution in [2.24, 2.45) is 0 Å². The molecule has 6 nitrogen and oxygen atoms in total. The van der Waals surface area contributed by atoms with Crippen LogP contribution in [0.1, 0.15) is 59.8 Å². The number of carbonyl (C=O) groups is 2. The minimum absolute atomic E-state index is 0.192. The maximum atomic E-state index is 12.6. The third kappa shape index (κ3) is 4.36. The predicted octanol–water partition coefficient (Wildman–Crippen LogP) is 3.87. The first-order valence-corrected chi connectivity index (χ1v) is 9.70. The summed E-state index contributed by atoms with van der Waals surface area (Å²) in [4.78, 5) is 29.5. The number of hydrogen-bond acceptors (Lipinski definition) is 6. The minimum atomic E-state index is -0.442. The van der Waals surface area contributed by atoms with Gasteiger partial charge in [-0.25, -0.2) is 9.78 Å². The largest absolute Gasteiger partial charge is 0.465 e. The average Bonchev–Trinajstić information content (AvgIpc) is 3.05. The summed E-state index contributed by atoms with van der Waals surface area (Å²) in [5.74, 6) is -0.634. The van der Waals surface area contributed by atoms with Gasteiger partial charge in [0.25, 0.3) is 0 Å². The first-order chi connectivity index (χ1) is 12.8. The summed E-state index contributed by atoms with van der Waals surface area (Å²) in [6.45, 7) is 6.50. The topological polar surface area (TPSA) is 77.5 Å². The lowest BCUT2D eigenvalue weighted by Gasteiger charge is -2.25. The molecule has 0 saturated carbocycles. The molecule has 1 atom stereocenters. The minimum Gasteiger partial charge on any atom is -0.465 e. The van der Waals surface area contributed by atoms with Crippen molar-refractivity contribution >= 4 is 28.3 Å². The smallest absolute Gasteiger partial charge is 0.350 e. The number of rotatable bonds is 4. The molecule has 2 aromatic rings. The van der Waals surface area contributed by atoms with Crippen LogP contribution in [-0.4, -0.2) is 30.6 Å².